The highest BCUT2D eigenvalue weighted by Gasteiger charge is 2.32. The van der Waals surface area contributed by atoms with E-state index >= 15 is 0 Å². The number of likely N-dealkylation sites (tertiary alicyclic amines) is 1. The second-order valence-corrected chi connectivity index (χ2v) is 8.16. The predicted octanol–water partition coefficient (Wildman–Crippen LogP) is 5.96. The van der Waals surface area contributed by atoms with Crippen LogP contribution in [0, 0.1) is 0 Å². The Morgan fingerprint density at radius 3 is 2.73 bits per heavy atom. The van der Waals surface area contributed by atoms with Gasteiger partial charge >= 0.3 is 0 Å². The van der Waals surface area contributed by atoms with Crippen LogP contribution in [-0.4, -0.2) is 41.2 Å². The van der Waals surface area contributed by atoms with Crippen molar-refractivity contribution < 1.29 is 4.57 Å². The number of aliphatic imine (C=N–C) groups is 1. The maximum absolute atomic E-state index is 4.56. The van der Waals surface area contributed by atoms with E-state index in [1.165, 1.54) is 36.1 Å². The Labute approximate surface area is 196 Å². The van der Waals surface area contributed by atoms with E-state index < -0.39 is 0 Å². The molecule has 5 nitrogen and oxygen atoms in total. The van der Waals surface area contributed by atoms with Gasteiger partial charge in [0.05, 0.1) is 0 Å². The highest BCUT2D eigenvalue weighted by molar-refractivity contribution is 6.16. The van der Waals surface area contributed by atoms with Crippen LogP contribution in [0.1, 0.15) is 51.3 Å². The fourth-order valence-electron chi connectivity index (χ4n) is 4.67. The molecule has 5 rings (SSSR count). The molecule has 0 spiro atoms. The Hall–Kier alpha value is -3.47. The summed E-state index contributed by atoms with van der Waals surface area (Å²) in [6.45, 7) is 12.7. The number of allylic oxidation sites excluding steroid dienone is 3. The number of fused-ring (bicyclic) bond motifs is 2. The maximum atomic E-state index is 4.56. The number of H-pyrrole nitrogens is 1. The smallest absolute Gasteiger partial charge is 0.226 e. The minimum Gasteiger partial charge on any atom is -0.371 e. The van der Waals surface area contributed by atoms with E-state index in [-0.39, 0.29) is 0 Å². The number of hydrogen-bond acceptors (Lipinski definition) is 3. The van der Waals surface area contributed by atoms with Gasteiger partial charge < -0.3 is 9.88 Å². The SMILES string of the molecule is C=C(C1=C[n+]2ccc(-c3c[nH]c4nccc(/C(C=NC)=C/C)c34)cc21)N1CCCCC1.CC. The lowest BCUT2D eigenvalue weighted by Gasteiger charge is -2.31. The first-order valence-electron chi connectivity index (χ1n) is 12.0. The molecule has 1 saturated heterocycles. The van der Waals surface area contributed by atoms with Gasteiger partial charge in [0, 0.05) is 67.5 Å². The standard InChI is InChI=1S/C26H27N5.C2H6/c1-4-19(15-27-3)21-8-10-28-26-25(21)22(16-29-26)20-9-13-31-17-23(24(31)14-20)18(2)30-11-6-5-7-12-30;1-2/h4,8-10,13-17H,2,5-7,11-12H2,1,3H3;1-2H3/p+1/b19-4+,27-15?;. The molecule has 2 aliphatic heterocycles. The highest BCUT2D eigenvalue weighted by atomic mass is 15.2. The Morgan fingerprint density at radius 2 is 2.00 bits per heavy atom. The van der Waals surface area contributed by atoms with Gasteiger partial charge in [-0.2, -0.15) is 4.57 Å². The summed E-state index contributed by atoms with van der Waals surface area (Å²) >= 11 is 0. The molecule has 3 aromatic heterocycles. The van der Waals surface area contributed by atoms with Crippen LogP contribution >= 0.6 is 0 Å². The third kappa shape index (κ3) is 4.15. The molecule has 0 bridgehead atoms. The van der Waals surface area contributed by atoms with Crippen molar-refractivity contribution >= 4 is 34.6 Å². The van der Waals surface area contributed by atoms with Crippen LogP contribution < -0.4 is 4.57 Å². The van der Waals surface area contributed by atoms with Crippen molar-refractivity contribution in [2.24, 2.45) is 4.99 Å². The fraction of sp³-hybridized carbons (Fsp3) is 0.321. The molecule has 2 aliphatic rings. The van der Waals surface area contributed by atoms with Gasteiger partial charge in [-0.15, -0.1) is 0 Å². The third-order valence-electron chi connectivity index (χ3n) is 6.35. The predicted molar refractivity (Wildman–Crippen MR) is 140 cm³/mol. The van der Waals surface area contributed by atoms with Crippen LogP contribution in [0.5, 0.6) is 0 Å². The van der Waals surface area contributed by atoms with Crippen molar-refractivity contribution in [1.82, 2.24) is 14.9 Å². The van der Waals surface area contributed by atoms with Gasteiger partial charge in [-0.1, -0.05) is 26.5 Å². The lowest BCUT2D eigenvalue weighted by Crippen LogP contribution is -2.41. The van der Waals surface area contributed by atoms with E-state index in [1.807, 2.05) is 33.2 Å². The van der Waals surface area contributed by atoms with Crippen molar-refractivity contribution in [2.75, 3.05) is 20.1 Å². The van der Waals surface area contributed by atoms with E-state index in [4.69, 9.17) is 0 Å². The van der Waals surface area contributed by atoms with Crippen LogP contribution in [0.15, 0.2) is 60.1 Å². The summed E-state index contributed by atoms with van der Waals surface area (Å²) in [5.41, 5.74) is 9.05. The monoisotopic (exact) mass is 440 g/mol. The molecule has 1 N–H and O–H groups in total. The second kappa shape index (κ2) is 9.99. The lowest BCUT2D eigenvalue weighted by molar-refractivity contribution is -0.582. The van der Waals surface area contributed by atoms with Crippen molar-refractivity contribution in [2.45, 2.75) is 40.0 Å². The maximum Gasteiger partial charge on any atom is 0.226 e. The molecule has 33 heavy (non-hydrogen) atoms. The molecule has 170 valence electrons. The zero-order chi connectivity index (χ0) is 23.4. The first kappa shape index (κ1) is 22.7. The van der Waals surface area contributed by atoms with E-state index in [0.29, 0.717) is 0 Å². The number of aromatic nitrogens is 3. The molecule has 5 heterocycles. The Kier molecular flexibility index (Phi) is 6.87. The molecule has 0 aromatic carbocycles. The average molecular weight is 441 g/mol. The van der Waals surface area contributed by atoms with Crippen LogP contribution in [0.25, 0.3) is 39.5 Å². The summed E-state index contributed by atoms with van der Waals surface area (Å²) in [6.07, 6.45) is 16.1. The highest BCUT2D eigenvalue weighted by Crippen LogP contribution is 2.36. The minimum atomic E-state index is 0.889. The van der Waals surface area contributed by atoms with Crippen molar-refractivity contribution in [3.8, 4) is 11.1 Å². The summed E-state index contributed by atoms with van der Waals surface area (Å²) in [7, 11) is 1.80. The number of nitrogens with zero attached hydrogens (tertiary/aromatic N) is 4. The third-order valence-corrected chi connectivity index (χ3v) is 6.35. The molecule has 0 atom stereocenters. The van der Waals surface area contributed by atoms with Gasteiger partial charge in [0.15, 0.2) is 12.4 Å². The number of hydrogen-bond donors (Lipinski definition) is 1. The quantitative estimate of drug-likeness (QED) is 0.393. The number of nitrogens with one attached hydrogen (secondary N) is 1. The normalized spacial score (nSPS) is 15.6. The largest absolute Gasteiger partial charge is 0.371 e. The van der Waals surface area contributed by atoms with Gasteiger partial charge in [0.25, 0.3) is 0 Å². The summed E-state index contributed by atoms with van der Waals surface area (Å²) < 4.78 is 2.18. The van der Waals surface area contributed by atoms with Gasteiger partial charge in [0.1, 0.15) is 11.2 Å². The zero-order valence-corrected chi connectivity index (χ0v) is 20.2. The van der Waals surface area contributed by atoms with Crippen molar-refractivity contribution in [1.29, 1.82) is 0 Å². The molecular weight excluding hydrogens is 406 g/mol. The molecule has 0 radical (unpaired) electrons. The first-order valence-corrected chi connectivity index (χ1v) is 12.0. The summed E-state index contributed by atoms with van der Waals surface area (Å²) in [4.78, 5) is 14.6. The number of rotatable bonds is 5. The molecule has 3 aromatic rings. The summed E-state index contributed by atoms with van der Waals surface area (Å²) in [5, 5.41) is 1.13. The van der Waals surface area contributed by atoms with Crippen LogP contribution in [0.2, 0.25) is 0 Å². The van der Waals surface area contributed by atoms with E-state index in [1.54, 1.807) is 7.05 Å². The van der Waals surface area contributed by atoms with Gasteiger partial charge in [0.2, 0.25) is 5.69 Å². The summed E-state index contributed by atoms with van der Waals surface area (Å²) in [5.74, 6) is 0. The summed E-state index contributed by atoms with van der Waals surface area (Å²) in [6, 6.07) is 6.51. The molecule has 1 fully saturated rings. The fourth-order valence-corrected chi connectivity index (χ4v) is 4.67. The van der Waals surface area contributed by atoms with E-state index in [9.17, 15) is 0 Å². The molecule has 0 amide bonds. The number of aromatic amines is 1. The van der Waals surface area contributed by atoms with Crippen molar-refractivity contribution in [3.63, 3.8) is 0 Å². The van der Waals surface area contributed by atoms with Crippen molar-refractivity contribution in [3.05, 3.63) is 66.4 Å². The molecule has 0 aliphatic carbocycles. The topological polar surface area (TPSA) is 48.2 Å². The Morgan fingerprint density at radius 1 is 1.21 bits per heavy atom. The molecule has 0 unspecified atom stereocenters. The zero-order valence-electron chi connectivity index (χ0n) is 20.2. The van der Waals surface area contributed by atoms with Crippen LogP contribution in [0.4, 0.5) is 0 Å². The van der Waals surface area contributed by atoms with Gasteiger partial charge in [-0.05, 0) is 49.0 Å². The van der Waals surface area contributed by atoms with Crippen LogP contribution in [0.3, 0.4) is 0 Å². The Bertz CT molecular complexity index is 1250. The molecule has 0 saturated carbocycles. The average Bonchev–Trinajstić information content (AvgIpc) is 3.29. The number of piperidine rings is 1. The van der Waals surface area contributed by atoms with Gasteiger partial charge in [-0.3, -0.25) is 4.99 Å². The molecule has 5 heteroatoms. The van der Waals surface area contributed by atoms with Crippen LogP contribution in [-0.2, 0) is 0 Å². The van der Waals surface area contributed by atoms with E-state index in [0.717, 1.165) is 46.5 Å². The van der Waals surface area contributed by atoms with E-state index in [2.05, 4.69) is 73.9 Å². The lowest BCUT2D eigenvalue weighted by atomic mass is 9.95. The molecular formula is C28H34N5+. The van der Waals surface area contributed by atoms with Gasteiger partial charge in [-0.25, -0.2) is 4.98 Å². The number of pyridine rings is 2. The Balaban J connectivity index is 0.00000126. The first-order chi connectivity index (χ1) is 16.2. The second-order valence-electron chi connectivity index (χ2n) is 8.16. The minimum absolute atomic E-state index is 0.889.